The highest BCUT2D eigenvalue weighted by atomic mass is 35.5. The number of aryl methyl sites for hydroxylation is 1. The van der Waals surface area contributed by atoms with E-state index in [0.29, 0.717) is 38.3 Å². The fourth-order valence-electron chi connectivity index (χ4n) is 2.66. The number of ether oxygens (including phenoxy) is 2. The van der Waals surface area contributed by atoms with Gasteiger partial charge in [0, 0.05) is 17.3 Å². The highest BCUT2D eigenvalue weighted by molar-refractivity contribution is 7.12. The van der Waals surface area contributed by atoms with Gasteiger partial charge in [-0.1, -0.05) is 17.7 Å². The van der Waals surface area contributed by atoms with E-state index in [1.54, 1.807) is 49.6 Å². The van der Waals surface area contributed by atoms with Gasteiger partial charge in [0.15, 0.2) is 11.5 Å². The summed E-state index contributed by atoms with van der Waals surface area (Å²) < 4.78 is 10.6. The number of nitrogens with one attached hydrogen (secondary N) is 2. The number of benzene rings is 2. The van der Waals surface area contributed by atoms with Crippen LogP contribution in [0.2, 0.25) is 5.02 Å². The first kappa shape index (κ1) is 20.7. The van der Waals surface area contributed by atoms with Gasteiger partial charge in [-0.2, -0.15) is 0 Å². The normalized spacial score (nSPS) is 10.3. The first-order chi connectivity index (χ1) is 13.9. The van der Waals surface area contributed by atoms with E-state index in [1.807, 2.05) is 12.3 Å². The Balaban J connectivity index is 1.82. The van der Waals surface area contributed by atoms with E-state index in [9.17, 15) is 9.59 Å². The van der Waals surface area contributed by atoms with Gasteiger partial charge in [0.05, 0.1) is 29.8 Å². The molecule has 0 aliphatic carbocycles. The fourth-order valence-corrected chi connectivity index (χ4v) is 3.45. The lowest BCUT2D eigenvalue weighted by Crippen LogP contribution is -2.15. The number of carbonyl (C=O) groups excluding carboxylic acids is 2. The van der Waals surface area contributed by atoms with Crippen molar-refractivity contribution in [2.45, 2.75) is 6.92 Å². The average molecular weight is 431 g/mol. The van der Waals surface area contributed by atoms with Gasteiger partial charge >= 0.3 is 0 Å². The second-order valence-electron chi connectivity index (χ2n) is 6.10. The zero-order valence-corrected chi connectivity index (χ0v) is 17.6. The third kappa shape index (κ3) is 4.70. The zero-order valence-electron chi connectivity index (χ0n) is 16.0. The smallest absolute Gasteiger partial charge is 0.265 e. The van der Waals surface area contributed by atoms with Gasteiger partial charge in [-0.15, -0.1) is 11.3 Å². The number of thiophene rings is 1. The van der Waals surface area contributed by atoms with Gasteiger partial charge in [-0.05, 0) is 48.2 Å². The molecule has 0 aliphatic rings. The molecule has 0 atom stereocenters. The van der Waals surface area contributed by atoms with Crippen molar-refractivity contribution in [1.29, 1.82) is 0 Å². The second kappa shape index (κ2) is 8.98. The second-order valence-corrected chi connectivity index (χ2v) is 7.46. The van der Waals surface area contributed by atoms with Crippen molar-refractivity contribution in [2.24, 2.45) is 0 Å². The van der Waals surface area contributed by atoms with Crippen LogP contribution in [0.3, 0.4) is 0 Å². The zero-order chi connectivity index (χ0) is 21.0. The summed E-state index contributed by atoms with van der Waals surface area (Å²) in [6.07, 6.45) is 0. The number of carbonyl (C=O) groups is 2. The Labute approximate surface area is 177 Å². The number of methoxy groups -OCH3 is 2. The highest BCUT2D eigenvalue weighted by Crippen LogP contribution is 2.33. The molecule has 2 N–H and O–H groups in total. The molecule has 6 nitrogen and oxygen atoms in total. The van der Waals surface area contributed by atoms with Crippen LogP contribution in [0.25, 0.3) is 0 Å². The van der Waals surface area contributed by atoms with E-state index in [1.165, 1.54) is 18.4 Å². The molecule has 0 saturated carbocycles. The van der Waals surface area contributed by atoms with Crippen LogP contribution in [0.15, 0.2) is 47.8 Å². The Morgan fingerprint density at radius 2 is 1.62 bits per heavy atom. The van der Waals surface area contributed by atoms with Crippen LogP contribution >= 0.6 is 22.9 Å². The summed E-state index contributed by atoms with van der Waals surface area (Å²) in [5, 5.41) is 7.74. The van der Waals surface area contributed by atoms with Gasteiger partial charge in [-0.3, -0.25) is 9.59 Å². The summed E-state index contributed by atoms with van der Waals surface area (Å²) >= 11 is 7.51. The molecule has 1 heterocycles. The lowest BCUT2D eigenvalue weighted by atomic mass is 10.1. The quantitative estimate of drug-likeness (QED) is 0.561. The van der Waals surface area contributed by atoms with Crippen molar-refractivity contribution >= 4 is 46.1 Å². The van der Waals surface area contributed by atoms with Crippen LogP contribution in [-0.4, -0.2) is 26.0 Å². The van der Waals surface area contributed by atoms with Gasteiger partial charge in [0.1, 0.15) is 0 Å². The van der Waals surface area contributed by atoms with E-state index in [-0.39, 0.29) is 11.8 Å². The SMILES string of the molecule is COc1cc(C)c(NC(=O)c2ccc(Cl)c(NC(=O)c3cccs3)c2)cc1OC. The maximum absolute atomic E-state index is 12.8. The van der Waals surface area contributed by atoms with Crippen molar-refractivity contribution < 1.29 is 19.1 Å². The maximum atomic E-state index is 12.8. The molecular weight excluding hydrogens is 412 g/mol. The van der Waals surface area contributed by atoms with E-state index in [4.69, 9.17) is 21.1 Å². The minimum absolute atomic E-state index is 0.282. The van der Waals surface area contributed by atoms with Gasteiger partial charge in [0.25, 0.3) is 11.8 Å². The van der Waals surface area contributed by atoms with Gasteiger partial charge in [-0.25, -0.2) is 0 Å². The predicted molar refractivity (Wildman–Crippen MR) is 116 cm³/mol. The molecule has 3 rings (SSSR count). The van der Waals surface area contributed by atoms with Crippen LogP contribution in [0.4, 0.5) is 11.4 Å². The van der Waals surface area contributed by atoms with Crippen molar-refractivity contribution in [2.75, 3.05) is 24.9 Å². The summed E-state index contributed by atoms with van der Waals surface area (Å²) in [5.41, 5.74) is 2.12. The Morgan fingerprint density at radius 1 is 0.931 bits per heavy atom. The predicted octanol–water partition coefficient (Wildman–Crippen LogP) is 5.23. The molecule has 0 aliphatic heterocycles. The van der Waals surface area contributed by atoms with Crippen molar-refractivity contribution in [3.8, 4) is 11.5 Å². The molecule has 0 fully saturated rings. The molecule has 2 aromatic carbocycles. The third-order valence-electron chi connectivity index (χ3n) is 4.20. The number of rotatable bonds is 6. The molecule has 1 aromatic heterocycles. The molecule has 0 radical (unpaired) electrons. The molecule has 2 amide bonds. The van der Waals surface area contributed by atoms with E-state index < -0.39 is 0 Å². The Morgan fingerprint density at radius 3 is 2.28 bits per heavy atom. The first-order valence-electron chi connectivity index (χ1n) is 8.61. The highest BCUT2D eigenvalue weighted by Gasteiger charge is 2.15. The Kier molecular flexibility index (Phi) is 6.41. The van der Waals surface area contributed by atoms with Gasteiger partial charge in [0.2, 0.25) is 0 Å². The molecule has 0 saturated heterocycles. The van der Waals surface area contributed by atoms with Gasteiger partial charge < -0.3 is 20.1 Å². The number of amides is 2. The molecule has 29 heavy (non-hydrogen) atoms. The number of hydrogen-bond donors (Lipinski definition) is 2. The average Bonchev–Trinajstić information content (AvgIpc) is 3.25. The lowest BCUT2D eigenvalue weighted by Gasteiger charge is -2.14. The largest absolute Gasteiger partial charge is 0.493 e. The van der Waals surface area contributed by atoms with Crippen LogP contribution in [0.1, 0.15) is 25.6 Å². The summed E-state index contributed by atoms with van der Waals surface area (Å²) in [7, 11) is 3.08. The molecule has 0 bridgehead atoms. The summed E-state index contributed by atoms with van der Waals surface area (Å²) in [4.78, 5) is 25.6. The molecule has 150 valence electrons. The number of halogens is 1. The van der Waals surface area contributed by atoms with E-state index in [0.717, 1.165) is 5.56 Å². The maximum Gasteiger partial charge on any atom is 0.265 e. The molecule has 3 aromatic rings. The number of anilines is 2. The molecule has 0 spiro atoms. The minimum atomic E-state index is -0.344. The van der Waals surface area contributed by atoms with Crippen LogP contribution in [-0.2, 0) is 0 Å². The monoisotopic (exact) mass is 430 g/mol. The topological polar surface area (TPSA) is 76.7 Å². The molecule has 0 unspecified atom stereocenters. The van der Waals surface area contributed by atoms with Crippen LogP contribution < -0.4 is 20.1 Å². The van der Waals surface area contributed by atoms with Crippen molar-refractivity contribution in [3.63, 3.8) is 0 Å². The Bertz CT molecular complexity index is 1050. The van der Waals surface area contributed by atoms with Crippen molar-refractivity contribution in [3.05, 3.63) is 68.9 Å². The van der Waals surface area contributed by atoms with E-state index >= 15 is 0 Å². The molecule has 8 heteroatoms. The summed E-state index contributed by atoms with van der Waals surface area (Å²) in [6, 6.07) is 11.7. The first-order valence-corrected chi connectivity index (χ1v) is 9.87. The van der Waals surface area contributed by atoms with Crippen LogP contribution in [0, 0.1) is 6.92 Å². The van der Waals surface area contributed by atoms with Crippen LogP contribution in [0.5, 0.6) is 11.5 Å². The number of hydrogen-bond acceptors (Lipinski definition) is 5. The lowest BCUT2D eigenvalue weighted by molar-refractivity contribution is 0.101. The Hall–Kier alpha value is -3.03. The summed E-state index contributed by atoms with van der Waals surface area (Å²) in [5.74, 6) is 0.459. The van der Waals surface area contributed by atoms with Crippen molar-refractivity contribution in [1.82, 2.24) is 0 Å². The summed E-state index contributed by atoms with van der Waals surface area (Å²) in [6.45, 7) is 1.85. The fraction of sp³-hybridized carbons (Fsp3) is 0.143. The van der Waals surface area contributed by atoms with E-state index in [2.05, 4.69) is 10.6 Å². The standard InChI is InChI=1S/C21H19ClN2O4S/c1-12-9-17(27-2)18(28-3)11-15(12)23-20(25)13-6-7-14(22)16(10-13)24-21(26)19-5-4-8-29-19/h4-11H,1-3H3,(H,23,25)(H,24,26). The third-order valence-corrected chi connectivity index (χ3v) is 5.40. The minimum Gasteiger partial charge on any atom is -0.493 e. The molecular formula is C21H19ClN2O4S.